The number of hydrogen-bond acceptors (Lipinski definition) is 6. The molecule has 0 aliphatic carbocycles. The van der Waals surface area contributed by atoms with Gasteiger partial charge in [-0.05, 0) is 77.6 Å². The van der Waals surface area contributed by atoms with Crippen LogP contribution in [0.15, 0.2) is 24.5 Å². The molecule has 27 heavy (non-hydrogen) atoms. The summed E-state index contributed by atoms with van der Waals surface area (Å²) in [5.41, 5.74) is 10.4. The lowest BCUT2D eigenvalue weighted by molar-refractivity contribution is 0.170. The molecule has 0 radical (unpaired) electrons. The minimum absolute atomic E-state index is 0.0569. The molecule has 1 aliphatic heterocycles. The highest BCUT2D eigenvalue weighted by Crippen LogP contribution is 2.33. The predicted octanol–water partition coefficient (Wildman–Crippen LogP) is 4.14. The number of nitrogens with zero attached hydrogens (tertiary/aromatic N) is 2. The second-order valence-electron chi connectivity index (χ2n) is 9.13. The first-order valence-corrected chi connectivity index (χ1v) is 9.55. The van der Waals surface area contributed by atoms with E-state index in [0.29, 0.717) is 23.4 Å². The zero-order chi connectivity index (χ0) is 19.8. The fourth-order valence-corrected chi connectivity index (χ4v) is 4.41. The van der Waals surface area contributed by atoms with Crippen LogP contribution in [-0.2, 0) is 0 Å². The van der Waals surface area contributed by atoms with Crippen LogP contribution in [0.2, 0.25) is 0 Å². The molecule has 6 nitrogen and oxygen atoms in total. The summed E-state index contributed by atoms with van der Waals surface area (Å²) in [4.78, 5) is 8.74. The van der Waals surface area contributed by atoms with Crippen LogP contribution in [0.5, 0.6) is 0 Å². The number of nitrogen functional groups attached to an aromatic ring is 1. The Kier molecular flexibility index (Phi) is 5.04. The average Bonchev–Trinajstić information content (AvgIpc) is 2.47. The molecule has 3 rings (SSSR count). The minimum atomic E-state index is 0.0569. The predicted molar refractivity (Wildman–Crippen MR) is 114 cm³/mol. The van der Waals surface area contributed by atoms with E-state index in [2.05, 4.69) is 85.7 Å². The molecule has 0 spiro atoms. The number of benzene rings is 1. The molecule has 2 heterocycles. The van der Waals surface area contributed by atoms with Crippen molar-refractivity contribution in [2.45, 2.75) is 71.5 Å². The summed E-state index contributed by atoms with van der Waals surface area (Å²) in [6.45, 7) is 13.1. The second-order valence-corrected chi connectivity index (χ2v) is 9.13. The molecule has 2 aromatic rings. The average molecular weight is 369 g/mol. The third kappa shape index (κ3) is 4.89. The van der Waals surface area contributed by atoms with Crippen LogP contribution in [0.4, 0.5) is 23.0 Å². The van der Waals surface area contributed by atoms with Gasteiger partial charge in [0.05, 0.1) is 0 Å². The zero-order valence-electron chi connectivity index (χ0n) is 17.3. The SMILES string of the molecule is Cc1cc(C)cc(Nc2ncnc(NC3CC(C)(C)NC(C)(C)C3)c2N)c1. The smallest absolute Gasteiger partial charge is 0.159 e. The molecular weight excluding hydrogens is 336 g/mol. The molecule has 6 heteroatoms. The maximum atomic E-state index is 6.39. The lowest BCUT2D eigenvalue weighted by atomic mass is 9.79. The first kappa shape index (κ1) is 19.4. The second kappa shape index (κ2) is 7.00. The van der Waals surface area contributed by atoms with Crippen LogP contribution < -0.4 is 21.7 Å². The van der Waals surface area contributed by atoms with E-state index < -0.39 is 0 Å². The van der Waals surface area contributed by atoms with Crippen molar-refractivity contribution in [1.29, 1.82) is 0 Å². The molecule has 1 aromatic heterocycles. The molecule has 1 fully saturated rings. The number of hydrogen-bond donors (Lipinski definition) is 4. The molecule has 1 aromatic carbocycles. The van der Waals surface area contributed by atoms with E-state index >= 15 is 0 Å². The van der Waals surface area contributed by atoms with Crippen molar-refractivity contribution in [3.05, 3.63) is 35.7 Å². The van der Waals surface area contributed by atoms with Gasteiger partial charge < -0.3 is 21.7 Å². The van der Waals surface area contributed by atoms with Crippen LogP contribution in [-0.4, -0.2) is 27.1 Å². The number of piperidine rings is 1. The quantitative estimate of drug-likeness (QED) is 0.649. The normalized spacial score (nSPS) is 18.9. The molecule has 0 bridgehead atoms. The standard InChI is InChI=1S/C21H32N6/c1-13-7-14(2)9-15(8-13)25-18-17(22)19(24-12-23-18)26-16-10-20(3,4)27-21(5,6)11-16/h7-9,12,16,27H,10-11,22H2,1-6H3,(H2,23,24,25,26). The van der Waals surface area contributed by atoms with Gasteiger partial charge >= 0.3 is 0 Å². The Balaban J connectivity index is 1.80. The first-order valence-electron chi connectivity index (χ1n) is 9.55. The Morgan fingerprint density at radius 1 is 0.963 bits per heavy atom. The summed E-state index contributed by atoms with van der Waals surface area (Å²) in [5, 5.41) is 10.6. The lowest BCUT2D eigenvalue weighted by Crippen LogP contribution is -2.60. The van der Waals surface area contributed by atoms with Crippen LogP contribution in [0, 0.1) is 13.8 Å². The monoisotopic (exact) mass is 368 g/mol. The number of aromatic nitrogens is 2. The Morgan fingerprint density at radius 3 is 2.11 bits per heavy atom. The van der Waals surface area contributed by atoms with Crippen molar-refractivity contribution in [2.24, 2.45) is 0 Å². The highest BCUT2D eigenvalue weighted by atomic mass is 15.1. The number of aryl methyl sites for hydroxylation is 2. The number of rotatable bonds is 4. The summed E-state index contributed by atoms with van der Waals surface area (Å²) < 4.78 is 0. The van der Waals surface area contributed by atoms with Crippen LogP contribution >= 0.6 is 0 Å². The number of nitrogens with two attached hydrogens (primary N) is 1. The van der Waals surface area contributed by atoms with Crippen LogP contribution in [0.1, 0.15) is 51.7 Å². The highest BCUT2D eigenvalue weighted by molar-refractivity contribution is 5.78. The minimum Gasteiger partial charge on any atom is -0.393 e. The molecular formula is C21H32N6. The van der Waals surface area contributed by atoms with Crippen LogP contribution in [0.25, 0.3) is 0 Å². The topological polar surface area (TPSA) is 87.9 Å². The summed E-state index contributed by atoms with van der Waals surface area (Å²) in [5.74, 6) is 1.32. The van der Waals surface area contributed by atoms with Gasteiger partial charge in [-0.1, -0.05) is 6.07 Å². The lowest BCUT2D eigenvalue weighted by Gasteiger charge is -2.46. The Bertz CT molecular complexity index is 791. The van der Waals surface area contributed by atoms with Crippen molar-refractivity contribution in [2.75, 3.05) is 16.4 Å². The van der Waals surface area contributed by atoms with E-state index in [9.17, 15) is 0 Å². The highest BCUT2D eigenvalue weighted by Gasteiger charge is 2.37. The van der Waals surface area contributed by atoms with Gasteiger partial charge in [0, 0.05) is 22.8 Å². The van der Waals surface area contributed by atoms with Gasteiger partial charge in [-0.3, -0.25) is 0 Å². The number of nitrogens with one attached hydrogen (secondary N) is 3. The van der Waals surface area contributed by atoms with Gasteiger partial charge in [-0.15, -0.1) is 0 Å². The maximum absolute atomic E-state index is 6.39. The molecule has 5 N–H and O–H groups in total. The van der Waals surface area contributed by atoms with E-state index in [0.717, 1.165) is 18.5 Å². The fraction of sp³-hybridized carbons (Fsp3) is 0.524. The van der Waals surface area contributed by atoms with Gasteiger partial charge in [-0.2, -0.15) is 0 Å². The Hall–Kier alpha value is -2.34. The van der Waals surface area contributed by atoms with Gasteiger partial charge in [0.1, 0.15) is 12.0 Å². The summed E-state index contributed by atoms with van der Waals surface area (Å²) in [7, 11) is 0. The molecule has 0 amide bonds. The van der Waals surface area contributed by atoms with E-state index in [1.54, 1.807) is 6.33 Å². The summed E-state index contributed by atoms with van der Waals surface area (Å²) in [6, 6.07) is 6.60. The van der Waals surface area contributed by atoms with Gasteiger partial charge in [-0.25, -0.2) is 9.97 Å². The van der Waals surface area contributed by atoms with Gasteiger partial charge in [0.2, 0.25) is 0 Å². The molecule has 1 aliphatic rings. The summed E-state index contributed by atoms with van der Waals surface area (Å²) >= 11 is 0. The molecule has 0 unspecified atom stereocenters. The van der Waals surface area contributed by atoms with Gasteiger partial charge in [0.15, 0.2) is 11.6 Å². The fourth-order valence-electron chi connectivity index (χ4n) is 4.41. The third-order valence-corrected chi connectivity index (χ3v) is 4.90. The van der Waals surface area contributed by atoms with E-state index in [1.165, 1.54) is 11.1 Å². The van der Waals surface area contributed by atoms with Gasteiger partial charge in [0.25, 0.3) is 0 Å². The largest absolute Gasteiger partial charge is 0.393 e. The molecule has 146 valence electrons. The molecule has 0 atom stereocenters. The van der Waals surface area contributed by atoms with Crippen molar-refractivity contribution < 1.29 is 0 Å². The van der Waals surface area contributed by atoms with E-state index in [-0.39, 0.29) is 11.1 Å². The van der Waals surface area contributed by atoms with Crippen LogP contribution in [0.3, 0.4) is 0 Å². The zero-order valence-corrected chi connectivity index (χ0v) is 17.3. The molecule has 0 saturated carbocycles. The van der Waals surface area contributed by atoms with Crippen molar-refractivity contribution in [3.63, 3.8) is 0 Å². The van der Waals surface area contributed by atoms with Crippen molar-refractivity contribution >= 4 is 23.0 Å². The van der Waals surface area contributed by atoms with Crippen molar-refractivity contribution in [1.82, 2.24) is 15.3 Å². The first-order chi connectivity index (χ1) is 12.5. The van der Waals surface area contributed by atoms with E-state index in [1.807, 2.05) is 0 Å². The van der Waals surface area contributed by atoms with E-state index in [4.69, 9.17) is 5.73 Å². The summed E-state index contributed by atoms with van der Waals surface area (Å²) in [6.07, 6.45) is 3.56. The molecule has 1 saturated heterocycles. The number of anilines is 4. The van der Waals surface area contributed by atoms with Crippen molar-refractivity contribution in [3.8, 4) is 0 Å². The Morgan fingerprint density at radius 2 is 1.52 bits per heavy atom. The Labute approximate surface area is 162 Å². The third-order valence-electron chi connectivity index (χ3n) is 4.90. The maximum Gasteiger partial charge on any atom is 0.159 e.